The van der Waals surface area contributed by atoms with Gasteiger partial charge in [-0.1, -0.05) is 45.7 Å². The Hall–Kier alpha value is -0.596. The molecule has 0 aromatic rings. The minimum absolute atomic E-state index is 0.0587. The van der Waals surface area contributed by atoms with E-state index < -0.39 is 52.3 Å². The predicted octanol–water partition coefficient (Wildman–Crippen LogP) is 4.94. The number of esters is 1. The second-order valence-corrected chi connectivity index (χ2v) is 23.9. The molecule has 4 atom stereocenters. The molecule has 1 aliphatic heterocycles. The van der Waals surface area contributed by atoms with E-state index in [1.165, 1.54) is 13.5 Å². The molecule has 1 saturated heterocycles. The molecule has 0 bridgehead atoms. The number of carbonyl (C=O) groups excluding carboxylic acids is 1. The van der Waals surface area contributed by atoms with Crippen LogP contribution >= 0.6 is 0 Å². The number of fused-ring (bicyclic) bond motifs is 1. The fourth-order valence-corrected chi connectivity index (χ4v) is 6.29. The summed E-state index contributed by atoms with van der Waals surface area (Å²) in [5, 5.41) is 0. The monoisotopic (exact) mass is 544 g/mol. The molecular formula is C26H48O8Si2. The molecule has 2 fully saturated rings. The van der Waals surface area contributed by atoms with E-state index in [1.54, 1.807) is 6.08 Å². The van der Waals surface area contributed by atoms with Crippen LogP contribution in [-0.4, -0.2) is 86.2 Å². The summed E-state index contributed by atoms with van der Waals surface area (Å²) in [5.74, 6) is -1.09. The zero-order chi connectivity index (χ0) is 26.4. The van der Waals surface area contributed by atoms with E-state index >= 15 is 0 Å². The molecule has 2 aliphatic carbocycles. The van der Waals surface area contributed by atoms with Gasteiger partial charge in [0.25, 0.3) is 0 Å². The van der Waals surface area contributed by atoms with Crippen molar-refractivity contribution in [2.24, 2.45) is 0 Å². The van der Waals surface area contributed by atoms with E-state index in [-0.39, 0.29) is 13.6 Å². The molecule has 36 heavy (non-hydrogen) atoms. The van der Waals surface area contributed by atoms with Gasteiger partial charge in [-0.2, -0.15) is 0 Å². The molecule has 1 saturated carbocycles. The van der Waals surface area contributed by atoms with Crippen molar-refractivity contribution in [1.29, 1.82) is 0 Å². The van der Waals surface area contributed by atoms with E-state index in [2.05, 4.69) is 39.3 Å². The second-order valence-electron chi connectivity index (χ2n) is 12.6. The van der Waals surface area contributed by atoms with Crippen molar-refractivity contribution in [2.75, 3.05) is 33.9 Å². The summed E-state index contributed by atoms with van der Waals surface area (Å²) >= 11 is 0. The fraction of sp³-hybridized carbons (Fsp3) is 0.885. The maximum absolute atomic E-state index is 12.8. The van der Waals surface area contributed by atoms with Gasteiger partial charge in [-0.15, -0.1) is 0 Å². The molecule has 0 amide bonds. The lowest BCUT2D eigenvalue weighted by atomic mass is 9.89. The van der Waals surface area contributed by atoms with Crippen LogP contribution in [0.4, 0.5) is 0 Å². The lowest BCUT2D eigenvalue weighted by Crippen LogP contribution is -2.52. The molecular weight excluding hydrogens is 496 g/mol. The molecule has 3 aliphatic rings. The van der Waals surface area contributed by atoms with Crippen LogP contribution in [0.3, 0.4) is 0 Å². The summed E-state index contributed by atoms with van der Waals surface area (Å²) in [7, 11) is -1.05. The Labute approximate surface area is 219 Å². The van der Waals surface area contributed by atoms with Gasteiger partial charge in [-0.05, 0) is 31.0 Å². The second kappa shape index (κ2) is 13.0. The van der Waals surface area contributed by atoms with Gasteiger partial charge in [0.15, 0.2) is 5.79 Å². The summed E-state index contributed by atoms with van der Waals surface area (Å²) < 4.78 is 42.2. The average molecular weight is 545 g/mol. The fourth-order valence-electron chi connectivity index (χ4n) is 4.78. The molecule has 208 valence electrons. The van der Waals surface area contributed by atoms with Crippen molar-refractivity contribution in [3.05, 3.63) is 11.6 Å². The Bertz CT molecular complexity index is 739. The minimum Gasteiger partial charge on any atom is -0.466 e. The van der Waals surface area contributed by atoms with Crippen molar-refractivity contribution in [3.8, 4) is 0 Å². The highest BCUT2D eigenvalue weighted by molar-refractivity contribution is 6.76. The van der Waals surface area contributed by atoms with Gasteiger partial charge >= 0.3 is 5.97 Å². The Morgan fingerprint density at radius 1 is 0.917 bits per heavy atom. The van der Waals surface area contributed by atoms with Gasteiger partial charge in [-0.3, -0.25) is 0 Å². The molecule has 0 aromatic carbocycles. The van der Waals surface area contributed by atoms with E-state index in [1.807, 2.05) is 0 Å². The van der Waals surface area contributed by atoms with Crippen LogP contribution < -0.4 is 0 Å². The first-order valence-corrected chi connectivity index (χ1v) is 20.9. The Balaban J connectivity index is 1.73. The normalized spacial score (nSPS) is 28.1. The molecule has 0 aromatic heterocycles. The largest absolute Gasteiger partial charge is 0.466 e. The maximum atomic E-state index is 12.8. The van der Waals surface area contributed by atoms with E-state index in [0.717, 1.165) is 37.8 Å². The van der Waals surface area contributed by atoms with Crippen molar-refractivity contribution in [1.82, 2.24) is 0 Å². The highest BCUT2D eigenvalue weighted by Crippen LogP contribution is 2.45. The topological polar surface area (TPSA) is 81.7 Å². The van der Waals surface area contributed by atoms with Crippen LogP contribution in [0, 0.1) is 0 Å². The van der Waals surface area contributed by atoms with Crippen molar-refractivity contribution < 1.29 is 38.0 Å². The van der Waals surface area contributed by atoms with Gasteiger partial charge in [0, 0.05) is 42.2 Å². The first kappa shape index (κ1) is 30.0. The van der Waals surface area contributed by atoms with Gasteiger partial charge in [0.05, 0.1) is 12.7 Å². The molecule has 0 radical (unpaired) electrons. The quantitative estimate of drug-likeness (QED) is 0.140. The van der Waals surface area contributed by atoms with Crippen molar-refractivity contribution in [2.45, 2.75) is 114 Å². The lowest BCUT2D eigenvalue weighted by Gasteiger charge is -2.37. The predicted molar refractivity (Wildman–Crippen MR) is 143 cm³/mol. The molecule has 10 heteroatoms. The van der Waals surface area contributed by atoms with E-state index in [9.17, 15) is 4.79 Å². The third-order valence-electron chi connectivity index (χ3n) is 7.00. The number of hydrogen-bond acceptors (Lipinski definition) is 8. The van der Waals surface area contributed by atoms with Gasteiger partial charge in [0.1, 0.15) is 38.0 Å². The third kappa shape index (κ3) is 8.72. The number of methoxy groups -OCH3 is 1. The van der Waals surface area contributed by atoms with Crippen LogP contribution in [0.15, 0.2) is 11.6 Å². The van der Waals surface area contributed by atoms with E-state index in [0.29, 0.717) is 18.8 Å². The maximum Gasteiger partial charge on any atom is 0.336 e. The van der Waals surface area contributed by atoms with E-state index in [4.69, 9.17) is 33.2 Å². The molecule has 8 nitrogen and oxygen atoms in total. The highest BCUT2D eigenvalue weighted by atomic mass is 28.3. The van der Waals surface area contributed by atoms with Gasteiger partial charge < -0.3 is 33.2 Å². The Morgan fingerprint density at radius 2 is 1.50 bits per heavy atom. The molecule has 1 heterocycles. The number of carbonyl (C=O) groups is 1. The smallest absolute Gasteiger partial charge is 0.336 e. The average Bonchev–Trinajstić information content (AvgIpc) is 3.14. The van der Waals surface area contributed by atoms with Gasteiger partial charge in [0.2, 0.25) is 0 Å². The summed E-state index contributed by atoms with van der Waals surface area (Å²) in [6.07, 6.45) is 4.69. The van der Waals surface area contributed by atoms with Crippen molar-refractivity contribution in [3.63, 3.8) is 0 Å². The summed E-state index contributed by atoms with van der Waals surface area (Å²) in [6.45, 7) is 15.3. The first-order valence-electron chi connectivity index (χ1n) is 13.5. The summed E-state index contributed by atoms with van der Waals surface area (Å²) in [5.41, 5.74) is 0.385. The number of rotatable bonds is 13. The van der Waals surface area contributed by atoms with Crippen LogP contribution in [-0.2, 0) is 38.0 Å². The number of ether oxygens (including phenoxy) is 7. The van der Waals surface area contributed by atoms with Crippen LogP contribution in [0.25, 0.3) is 0 Å². The number of hydrogen-bond donors (Lipinski definition) is 0. The van der Waals surface area contributed by atoms with Crippen LogP contribution in [0.2, 0.25) is 51.4 Å². The zero-order valence-electron chi connectivity index (χ0n) is 23.4. The Kier molecular flexibility index (Phi) is 10.8. The lowest BCUT2D eigenvalue weighted by molar-refractivity contribution is -0.222. The third-order valence-corrected chi connectivity index (χ3v) is 10.4. The minimum atomic E-state index is -1.22. The SMILES string of the molecule is COC(=O)C1=C[C@H]2OC3(CCCCC3)O[C@H]2[C@H](OCOCC[Si](C)(C)C)[C@@H]1OCOCC[Si](C)(C)C. The van der Waals surface area contributed by atoms with Gasteiger partial charge in [-0.25, -0.2) is 4.79 Å². The molecule has 1 spiro atoms. The Morgan fingerprint density at radius 3 is 2.06 bits per heavy atom. The summed E-state index contributed by atoms with van der Waals surface area (Å²) in [6, 6.07) is 2.09. The van der Waals surface area contributed by atoms with Crippen LogP contribution in [0.1, 0.15) is 32.1 Å². The van der Waals surface area contributed by atoms with Crippen LogP contribution in [0.5, 0.6) is 0 Å². The summed E-state index contributed by atoms with van der Waals surface area (Å²) in [4.78, 5) is 12.8. The highest BCUT2D eigenvalue weighted by Gasteiger charge is 2.55. The molecule has 3 rings (SSSR count). The zero-order valence-corrected chi connectivity index (χ0v) is 25.4. The first-order chi connectivity index (χ1) is 16.9. The molecule has 0 N–H and O–H groups in total. The standard InChI is InChI=1S/C26H48O8Si2/c1-28-25(27)20-17-21-23(34-26(33-21)11-9-8-10-12-26)24(32-19-30-14-16-36(5,6)7)22(20)31-18-29-13-15-35(2,3)4/h17,21-24H,8-16,18-19H2,1-7H3/t21-,22-,23-,24-/m1/s1. The molecule has 0 unspecified atom stereocenters. The van der Waals surface area contributed by atoms with Crippen molar-refractivity contribution >= 4 is 22.1 Å².